The van der Waals surface area contributed by atoms with Gasteiger partial charge in [-0.15, -0.1) is 0 Å². The number of carbonyl (C=O) groups is 1. The highest BCUT2D eigenvalue weighted by Crippen LogP contribution is 2.29. The molecule has 1 atom stereocenters. The summed E-state index contributed by atoms with van der Waals surface area (Å²) >= 11 is 0. The maximum absolute atomic E-state index is 13.0. The molecule has 38 heavy (non-hydrogen) atoms. The molecule has 202 valence electrons. The number of nitrogens with one attached hydrogen (secondary N) is 1. The zero-order valence-corrected chi connectivity index (χ0v) is 22.6. The molecule has 8 heteroatoms. The fourth-order valence-corrected chi connectivity index (χ4v) is 4.44. The number of benzene rings is 3. The number of urea groups is 1. The summed E-state index contributed by atoms with van der Waals surface area (Å²) in [6.45, 7) is 6.06. The van der Waals surface area contributed by atoms with Crippen LogP contribution in [0.15, 0.2) is 66.7 Å². The summed E-state index contributed by atoms with van der Waals surface area (Å²) in [7, 11) is 4.84. The predicted octanol–water partition coefficient (Wildman–Crippen LogP) is 5.13. The lowest BCUT2D eigenvalue weighted by molar-refractivity contribution is 0.00584. The van der Waals surface area contributed by atoms with E-state index < -0.39 is 0 Å². The highest BCUT2D eigenvalue weighted by molar-refractivity contribution is 5.91. The highest BCUT2D eigenvalue weighted by Gasteiger charge is 2.25. The smallest absolute Gasteiger partial charge is 0.322 e. The standard InChI is InChI=1S/C30H37N3O5/c1-22-8-10-23(11-9-22)21-38-29(24-6-5-7-25(18-24)35-2)20-32-14-16-33(17-15-32)30(34)31-27-13-12-26(36-3)19-28(27)37-4/h5-13,18-19,29H,14-17,20-21H2,1-4H3,(H,31,34). The van der Waals surface area contributed by atoms with Gasteiger partial charge in [-0.25, -0.2) is 4.79 Å². The van der Waals surface area contributed by atoms with Gasteiger partial charge in [0, 0.05) is 38.8 Å². The number of rotatable bonds is 10. The van der Waals surface area contributed by atoms with Crippen LogP contribution in [0.5, 0.6) is 17.2 Å². The van der Waals surface area contributed by atoms with E-state index in [1.54, 1.807) is 39.5 Å². The number of anilines is 1. The van der Waals surface area contributed by atoms with E-state index in [4.69, 9.17) is 18.9 Å². The number of hydrogen-bond donors (Lipinski definition) is 1. The number of ether oxygens (including phenoxy) is 4. The van der Waals surface area contributed by atoms with Crippen LogP contribution in [0.1, 0.15) is 22.8 Å². The zero-order valence-electron chi connectivity index (χ0n) is 22.6. The predicted molar refractivity (Wildman–Crippen MR) is 148 cm³/mol. The van der Waals surface area contributed by atoms with E-state index in [1.165, 1.54) is 5.56 Å². The Hall–Kier alpha value is -3.75. The fraction of sp³-hybridized carbons (Fsp3) is 0.367. The van der Waals surface area contributed by atoms with Crippen LogP contribution >= 0.6 is 0 Å². The number of aryl methyl sites for hydroxylation is 1. The van der Waals surface area contributed by atoms with Crippen molar-refractivity contribution in [3.63, 3.8) is 0 Å². The second-order valence-corrected chi connectivity index (χ2v) is 9.35. The van der Waals surface area contributed by atoms with Gasteiger partial charge in [-0.05, 0) is 42.3 Å². The van der Waals surface area contributed by atoms with E-state index in [-0.39, 0.29) is 12.1 Å². The highest BCUT2D eigenvalue weighted by atomic mass is 16.5. The third kappa shape index (κ3) is 7.18. The zero-order chi connectivity index (χ0) is 26.9. The van der Waals surface area contributed by atoms with Gasteiger partial charge in [-0.2, -0.15) is 0 Å². The maximum atomic E-state index is 13.0. The fourth-order valence-electron chi connectivity index (χ4n) is 4.44. The topological polar surface area (TPSA) is 72.5 Å². The van der Waals surface area contributed by atoms with Crippen LogP contribution in [-0.4, -0.2) is 69.9 Å². The van der Waals surface area contributed by atoms with Crippen LogP contribution in [0, 0.1) is 6.92 Å². The van der Waals surface area contributed by atoms with Gasteiger partial charge in [0.25, 0.3) is 0 Å². The van der Waals surface area contributed by atoms with Crippen LogP contribution in [0.2, 0.25) is 0 Å². The first-order valence-corrected chi connectivity index (χ1v) is 12.8. The lowest BCUT2D eigenvalue weighted by atomic mass is 10.1. The van der Waals surface area contributed by atoms with E-state index in [0.29, 0.717) is 36.9 Å². The summed E-state index contributed by atoms with van der Waals surface area (Å²) in [5.41, 5.74) is 4.05. The molecule has 1 saturated heterocycles. The van der Waals surface area contributed by atoms with Gasteiger partial charge in [0.2, 0.25) is 0 Å². The second-order valence-electron chi connectivity index (χ2n) is 9.35. The van der Waals surface area contributed by atoms with Gasteiger partial charge in [0.15, 0.2) is 0 Å². The Bertz CT molecular complexity index is 1190. The quantitative estimate of drug-likeness (QED) is 0.401. The van der Waals surface area contributed by atoms with Crippen LogP contribution < -0.4 is 19.5 Å². The molecule has 4 rings (SSSR count). The van der Waals surface area contributed by atoms with E-state index in [1.807, 2.05) is 23.1 Å². The minimum absolute atomic E-state index is 0.129. The molecule has 0 aliphatic carbocycles. The lowest BCUT2D eigenvalue weighted by Crippen LogP contribution is -2.50. The van der Waals surface area contributed by atoms with Gasteiger partial charge in [0.1, 0.15) is 17.2 Å². The molecule has 1 aliphatic heterocycles. The number of amides is 2. The summed E-state index contributed by atoms with van der Waals surface area (Å²) in [5, 5.41) is 2.97. The van der Waals surface area contributed by atoms with Crippen molar-refractivity contribution in [3.05, 3.63) is 83.4 Å². The molecule has 0 radical (unpaired) electrons. The molecule has 1 N–H and O–H groups in total. The number of carbonyl (C=O) groups excluding carboxylic acids is 1. The van der Waals surface area contributed by atoms with Gasteiger partial charge >= 0.3 is 6.03 Å². The largest absolute Gasteiger partial charge is 0.497 e. The second kappa shape index (κ2) is 13.2. The molecule has 0 aromatic heterocycles. The molecule has 0 saturated carbocycles. The van der Waals surface area contributed by atoms with Crippen molar-refractivity contribution >= 4 is 11.7 Å². The molecule has 3 aromatic rings. The van der Waals surface area contributed by atoms with Crippen LogP contribution in [0.3, 0.4) is 0 Å². The first-order chi connectivity index (χ1) is 18.5. The third-order valence-corrected chi connectivity index (χ3v) is 6.77. The van der Waals surface area contributed by atoms with E-state index in [9.17, 15) is 4.79 Å². The average Bonchev–Trinajstić information content (AvgIpc) is 2.96. The molecule has 0 bridgehead atoms. The summed E-state index contributed by atoms with van der Waals surface area (Å²) in [4.78, 5) is 17.1. The van der Waals surface area contributed by atoms with Gasteiger partial charge < -0.3 is 29.2 Å². The first kappa shape index (κ1) is 27.3. The van der Waals surface area contributed by atoms with Gasteiger partial charge in [-0.1, -0.05) is 42.0 Å². The summed E-state index contributed by atoms with van der Waals surface area (Å²) in [6, 6.07) is 21.6. The maximum Gasteiger partial charge on any atom is 0.322 e. The van der Waals surface area contributed by atoms with Crippen molar-refractivity contribution in [2.45, 2.75) is 19.6 Å². The van der Waals surface area contributed by atoms with Gasteiger partial charge in [0.05, 0.1) is 39.7 Å². The molecule has 0 spiro atoms. The van der Waals surface area contributed by atoms with Crippen molar-refractivity contribution < 1.29 is 23.7 Å². The Morgan fingerprint density at radius 3 is 2.26 bits per heavy atom. The normalized spacial score (nSPS) is 14.6. The number of hydrogen-bond acceptors (Lipinski definition) is 6. The summed E-state index contributed by atoms with van der Waals surface area (Å²) < 4.78 is 22.5. The molecule has 1 fully saturated rings. The SMILES string of the molecule is COc1cccc(C(CN2CCN(C(=O)Nc3ccc(OC)cc3OC)CC2)OCc2ccc(C)cc2)c1. The van der Waals surface area contributed by atoms with Crippen molar-refractivity contribution in [2.75, 3.05) is 59.4 Å². The molecular weight excluding hydrogens is 482 g/mol. The molecule has 8 nitrogen and oxygen atoms in total. The Morgan fingerprint density at radius 2 is 1.58 bits per heavy atom. The minimum atomic E-state index is -0.145. The number of nitrogens with zero attached hydrogens (tertiary/aromatic N) is 2. The third-order valence-electron chi connectivity index (χ3n) is 6.77. The van der Waals surface area contributed by atoms with Crippen molar-refractivity contribution in [1.82, 2.24) is 9.80 Å². The van der Waals surface area contributed by atoms with Crippen LogP contribution in [0.25, 0.3) is 0 Å². The lowest BCUT2D eigenvalue weighted by Gasteiger charge is -2.36. The Morgan fingerprint density at radius 1 is 0.868 bits per heavy atom. The van der Waals surface area contributed by atoms with Crippen molar-refractivity contribution in [2.24, 2.45) is 0 Å². The molecule has 2 amide bonds. The molecular formula is C30H37N3O5. The average molecular weight is 520 g/mol. The Balaban J connectivity index is 1.37. The van der Waals surface area contributed by atoms with Crippen molar-refractivity contribution in [3.8, 4) is 17.2 Å². The Kier molecular flexibility index (Phi) is 9.46. The number of methoxy groups -OCH3 is 3. The van der Waals surface area contributed by atoms with Crippen LogP contribution in [0.4, 0.5) is 10.5 Å². The van der Waals surface area contributed by atoms with Crippen molar-refractivity contribution in [1.29, 1.82) is 0 Å². The van der Waals surface area contributed by atoms with Gasteiger partial charge in [-0.3, -0.25) is 4.90 Å². The molecule has 1 unspecified atom stereocenters. The van der Waals surface area contributed by atoms with Crippen LogP contribution in [-0.2, 0) is 11.3 Å². The number of piperazine rings is 1. The first-order valence-electron chi connectivity index (χ1n) is 12.8. The molecule has 1 aliphatic rings. The van der Waals surface area contributed by atoms with E-state index in [0.717, 1.165) is 36.5 Å². The van der Waals surface area contributed by atoms with E-state index in [2.05, 4.69) is 47.5 Å². The minimum Gasteiger partial charge on any atom is -0.497 e. The summed E-state index contributed by atoms with van der Waals surface area (Å²) in [5.74, 6) is 2.04. The molecule has 3 aromatic carbocycles. The summed E-state index contributed by atoms with van der Waals surface area (Å²) in [6.07, 6.45) is -0.129. The Labute approximate surface area is 225 Å². The molecule has 1 heterocycles. The van der Waals surface area contributed by atoms with E-state index >= 15 is 0 Å². The monoisotopic (exact) mass is 519 g/mol.